The highest BCUT2D eigenvalue weighted by atomic mass is 15.3. The van der Waals surface area contributed by atoms with E-state index in [1.165, 1.54) is 18.5 Å². The molecule has 5 rings (SSSR count). The molecule has 0 spiro atoms. The first-order valence-corrected chi connectivity index (χ1v) is 8.46. The summed E-state index contributed by atoms with van der Waals surface area (Å²) in [5.74, 6) is 4.61. The SMILES string of the molecule is c1cc(Nc2cc(C3CC3)[nH]n2)nc(N2C[C@@H]3CNC[C@H]3C2)n1. The topological polar surface area (TPSA) is 81.8 Å². The zero-order chi connectivity index (χ0) is 15.2. The van der Waals surface area contributed by atoms with Crippen LogP contribution in [0.3, 0.4) is 0 Å². The summed E-state index contributed by atoms with van der Waals surface area (Å²) in [6.45, 7) is 4.34. The van der Waals surface area contributed by atoms with Crippen LogP contribution in [-0.4, -0.2) is 46.3 Å². The van der Waals surface area contributed by atoms with Gasteiger partial charge in [0, 0.05) is 50.1 Å². The van der Waals surface area contributed by atoms with Crippen LogP contribution in [0.4, 0.5) is 17.6 Å². The number of rotatable bonds is 4. The highest BCUT2D eigenvalue weighted by Gasteiger charge is 2.37. The van der Waals surface area contributed by atoms with E-state index in [1.807, 2.05) is 12.3 Å². The molecular weight excluding hydrogens is 290 g/mol. The van der Waals surface area contributed by atoms with Gasteiger partial charge in [-0.15, -0.1) is 0 Å². The maximum absolute atomic E-state index is 4.68. The molecule has 1 aliphatic carbocycles. The Kier molecular flexibility index (Phi) is 3.00. The number of hydrogen-bond donors (Lipinski definition) is 3. The second-order valence-electron chi connectivity index (χ2n) is 6.93. The van der Waals surface area contributed by atoms with Crippen LogP contribution in [0.5, 0.6) is 0 Å². The van der Waals surface area contributed by atoms with Crippen LogP contribution in [0.2, 0.25) is 0 Å². The molecule has 0 aromatic carbocycles. The van der Waals surface area contributed by atoms with Gasteiger partial charge in [0.1, 0.15) is 5.82 Å². The lowest BCUT2D eigenvalue weighted by atomic mass is 10.0. The fourth-order valence-corrected chi connectivity index (χ4v) is 3.72. The Morgan fingerprint density at radius 2 is 1.96 bits per heavy atom. The summed E-state index contributed by atoms with van der Waals surface area (Å²) in [4.78, 5) is 11.4. The molecule has 0 bridgehead atoms. The summed E-state index contributed by atoms with van der Waals surface area (Å²) in [7, 11) is 0. The molecule has 1 saturated carbocycles. The van der Waals surface area contributed by atoms with Gasteiger partial charge in [-0.3, -0.25) is 5.10 Å². The molecule has 2 atom stereocenters. The monoisotopic (exact) mass is 311 g/mol. The Morgan fingerprint density at radius 3 is 2.74 bits per heavy atom. The van der Waals surface area contributed by atoms with E-state index in [2.05, 4.69) is 41.8 Å². The first-order valence-electron chi connectivity index (χ1n) is 8.46. The van der Waals surface area contributed by atoms with Gasteiger partial charge in [0.15, 0.2) is 5.82 Å². The molecule has 2 saturated heterocycles. The predicted octanol–water partition coefficient (Wildman–Crippen LogP) is 1.48. The van der Waals surface area contributed by atoms with Crippen LogP contribution < -0.4 is 15.5 Å². The molecule has 0 radical (unpaired) electrons. The highest BCUT2D eigenvalue weighted by molar-refractivity contribution is 5.54. The van der Waals surface area contributed by atoms with E-state index in [0.29, 0.717) is 5.92 Å². The second-order valence-corrected chi connectivity index (χ2v) is 6.93. The fraction of sp³-hybridized carbons (Fsp3) is 0.562. The van der Waals surface area contributed by atoms with Crippen molar-refractivity contribution in [2.75, 3.05) is 36.4 Å². The van der Waals surface area contributed by atoms with Gasteiger partial charge in [0.25, 0.3) is 0 Å². The van der Waals surface area contributed by atoms with E-state index in [-0.39, 0.29) is 0 Å². The first-order chi connectivity index (χ1) is 11.3. The van der Waals surface area contributed by atoms with Crippen LogP contribution in [-0.2, 0) is 0 Å². The van der Waals surface area contributed by atoms with Crippen molar-refractivity contribution in [1.82, 2.24) is 25.5 Å². The molecule has 0 amide bonds. The molecule has 3 fully saturated rings. The number of aromatic nitrogens is 4. The summed E-state index contributed by atoms with van der Waals surface area (Å²) < 4.78 is 0. The van der Waals surface area contributed by atoms with Gasteiger partial charge in [-0.2, -0.15) is 10.1 Å². The summed E-state index contributed by atoms with van der Waals surface area (Å²) in [6, 6.07) is 3.98. The average Bonchev–Trinajstić information content (AvgIpc) is 2.95. The van der Waals surface area contributed by atoms with Crippen molar-refractivity contribution in [1.29, 1.82) is 0 Å². The molecule has 23 heavy (non-hydrogen) atoms. The molecule has 2 aromatic rings. The van der Waals surface area contributed by atoms with Crippen molar-refractivity contribution in [3.8, 4) is 0 Å². The molecule has 7 nitrogen and oxygen atoms in total. The molecule has 4 heterocycles. The number of nitrogens with zero attached hydrogens (tertiary/aromatic N) is 4. The Hall–Kier alpha value is -2.15. The zero-order valence-electron chi connectivity index (χ0n) is 13.0. The van der Waals surface area contributed by atoms with Gasteiger partial charge in [-0.05, 0) is 30.7 Å². The summed E-state index contributed by atoms with van der Waals surface area (Å²) in [6.07, 6.45) is 4.36. The third-order valence-corrected chi connectivity index (χ3v) is 5.19. The quantitative estimate of drug-likeness (QED) is 0.793. The van der Waals surface area contributed by atoms with Gasteiger partial charge in [0.2, 0.25) is 5.95 Å². The van der Waals surface area contributed by atoms with E-state index >= 15 is 0 Å². The minimum absolute atomic E-state index is 0.677. The summed E-state index contributed by atoms with van der Waals surface area (Å²) >= 11 is 0. The normalized spacial score (nSPS) is 26.5. The minimum atomic E-state index is 0.677. The van der Waals surface area contributed by atoms with E-state index in [4.69, 9.17) is 0 Å². The third kappa shape index (κ3) is 2.55. The Balaban J connectivity index is 1.31. The van der Waals surface area contributed by atoms with Crippen LogP contribution >= 0.6 is 0 Å². The van der Waals surface area contributed by atoms with Gasteiger partial charge in [-0.1, -0.05) is 0 Å². The van der Waals surface area contributed by atoms with E-state index in [1.54, 1.807) is 0 Å². The molecule has 2 aliphatic heterocycles. The lowest BCUT2D eigenvalue weighted by Gasteiger charge is -2.17. The summed E-state index contributed by atoms with van der Waals surface area (Å²) in [5.41, 5.74) is 1.22. The van der Waals surface area contributed by atoms with Crippen molar-refractivity contribution in [2.24, 2.45) is 11.8 Å². The number of anilines is 3. The fourth-order valence-electron chi connectivity index (χ4n) is 3.72. The van der Waals surface area contributed by atoms with Crippen LogP contribution in [0.15, 0.2) is 18.3 Å². The standard InChI is InChI=1S/C16H21N7/c1-2-10(1)13-5-15(22-21-13)19-14-3-4-18-16(20-14)23-8-11-6-17-7-12(11)9-23/h3-5,10-12,17H,1-2,6-9H2,(H2,18,19,20,21,22)/t11-,12-/m0/s1. The summed E-state index contributed by atoms with van der Waals surface area (Å²) in [5, 5.41) is 14.2. The van der Waals surface area contributed by atoms with Gasteiger partial charge < -0.3 is 15.5 Å². The molecule has 3 N–H and O–H groups in total. The second kappa shape index (κ2) is 5.19. The van der Waals surface area contributed by atoms with Crippen molar-refractivity contribution in [3.05, 3.63) is 24.0 Å². The van der Waals surface area contributed by atoms with Crippen LogP contribution in [0, 0.1) is 11.8 Å². The smallest absolute Gasteiger partial charge is 0.227 e. The van der Waals surface area contributed by atoms with Crippen molar-refractivity contribution in [2.45, 2.75) is 18.8 Å². The molecule has 120 valence electrons. The molecule has 2 aromatic heterocycles. The Morgan fingerprint density at radius 1 is 1.13 bits per heavy atom. The van der Waals surface area contributed by atoms with Gasteiger partial charge in [0.05, 0.1) is 0 Å². The van der Waals surface area contributed by atoms with Crippen molar-refractivity contribution in [3.63, 3.8) is 0 Å². The Bertz CT molecular complexity index is 696. The van der Waals surface area contributed by atoms with Gasteiger partial charge >= 0.3 is 0 Å². The first kappa shape index (κ1) is 13.3. The van der Waals surface area contributed by atoms with E-state index in [0.717, 1.165) is 55.6 Å². The third-order valence-electron chi connectivity index (χ3n) is 5.19. The average molecular weight is 311 g/mol. The van der Waals surface area contributed by atoms with E-state index in [9.17, 15) is 0 Å². The number of aromatic amines is 1. The van der Waals surface area contributed by atoms with Gasteiger partial charge in [-0.25, -0.2) is 4.98 Å². The maximum Gasteiger partial charge on any atom is 0.227 e. The molecule has 7 heteroatoms. The molecule has 0 unspecified atom stereocenters. The predicted molar refractivity (Wildman–Crippen MR) is 87.9 cm³/mol. The van der Waals surface area contributed by atoms with Crippen molar-refractivity contribution < 1.29 is 0 Å². The largest absolute Gasteiger partial charge is 0.340 e. The Labute approximate surface area is 134 Å². The van der Waals surface area contributed by atoms with Crippen LogP contribution in [0.25, 0.3) is 0 Å². The molecular formula is C16H21N7. The van der Waals surface area contributed by atoms with Crippen molar-refractivity contribution >= 4 is 17.6 Å². The number of fused-ring (bicyclic) bond motifs is 1. The lowest BCUT2D eigenvalue weighted by Crippen LogP contribution is -2.27. The highest BCUT2D eigenvalue weighted by Crippen LogP contribution is 2.39. The maximum atomic E-state index is 4.68. The minimum Gasteiger partial charge on any atom is -0.340 e. The number of hydrogen-bond acceptors (Lipinski definition) is 6. The van der Waals surface area contributed by atoms with Crippen LogP contribution in [0.1, 0.15) is 24.5 Å². The lowest BCUT2D eigenvalue weighted by molar-refractivity contribution is 0.533. The number of H-pyrrole nitrogens is 1. The zero-order valence-corrected chi connectivity index (χ0v) is 13.0. The molecule has 3 aliphatic rings. The number of nitrogens with one attached hydrogen (secondary N) is 3. The van der Waals surface area contributed by atoms with E-state index < -0.39 is 0 Å².